The molecule has 8 heteroatoms. The normalized spacial score (nSPS) is 16.0. The van der Waals surface area contributed by atoms with Gasteiger partial charge in [0.15, 0.2) is 5.96 Å². The van der Waals surface area contributed by atoms with Gasteiger partial charge in [0.2, 0.25) is 10.0 Å². The van der Waals surface area contributed by atoms with E-state index >= 15 is 0 Å². The monoisotopic (exact) mass is 466 g/mol. The molecule has 1 aliphatic rings. The number of unbranched alkanes of at least 4 members (excludes halogenated alkanes) is 1. The van der Waals surface area contributed by atoms with Crippen LogP contribution < -0.4 is 11.1 Å². The zero-order valence-corrected chi connectivity index (χ0v) is 17.2. The minimum atomic E-state index is -3.34. The van der Waals surface area contributed by atoms with E-state index in [4.69, 9.17) is 5.73 Å². The van der Waals surface area contributed by atoms with Crippen LogP contribution in [0.3, 0.4) is 0 Å². The van der Waals surface area contributed by atoms with Crippen LogP contribution in [0.4, 0.5) is 0 Å². The van der Waals surface area contributed by atoms with Crippen molar-refractivity contribution in [3.63, 3.8) is 0 Å². The van der Waals surface area contributed by atoms with Crippen molar-refractivity contribution in [1.29, 1.82) is 0 Å². The Labute approximate surface area is 162 Å². The van der Waals surface area contributed by atoms with Crippen molar-refractivity contribution in [2.75, 3.05) is 19.6 Å². The summed E-state index contributed by atoms with van der Waals surface area (Å²) in [6, 6.07) is 6.90. The third-order valence-electron chi connectivity index (χ3n) is 3.89. The van der Waals surface area contributed by atoms with E-state index in [1.165, 1.54) is 0 Å². The van der Waals surface area contributed by atoms with Crippen molar-refractivity contribution < 1.29 is 8.42 Å². The summed E-state index contributed by atoms with van der Waals surface area (Å²) in [6.45, 7) is 4.61. The minimum absolute atomic E-state index is 0. The summed E-state index contributed by atoms with van der Waals surface area (Å²) in [6.07, 6.45) is 4.04. The van der Waals surface area contributed by atoms with Gasteiger partial charge in [0, 0.05) is 19.6 Å². The fourth-order valence-corrected chi connectivity index (χ4v) is 3.99. The predicted molar refractivity (Wildman–Crippen MR) is 108 cm³/mol. The summed E-state index contributed by atoms with van der Waals surface area (Å²) in [5.41, 5.74) is 6.72. The summed E-state index contributed by atoms with van der Waals surface area (Å²) in [7, 11) is -3.34. The summed E-state index contributed by atoms with van der Waals surface area (Å²) in [5.74, 6) is 0.423. The summed E-state index contributed by atoms with van der Waals surface area (Å²) in [4.78, 5) is 4.61. The fraction of sp³-hybridized carbons (Fsp3) is 0.562. The van der Waals surface area contributed by atoms with Gasteiger partial charge in [-0.05, 0) is 37.0 Å². The van der Waals surface area contributed by atoms with E-state index in [9.17, 15) is 8.42 Å². The number of sulfonamides is 1. The molecular weight excluding hydrogens is 439 g/mol. The molecule has 0 atom stereocenters. The van der Waals surface area contributed by atoms with Crippen LogP contribution in [-0.4, -0.2) is 38.3 Å². The molecule has 0 aliphatic carbocycles. The first-order chi connectivity index (χ1) is 11.0. The van der Waals surface area contributed by atoms with Crippen molar-refractivity contribution in [3.8, 4) is 0 Å². The molecule has 2 rings (SSSR count). The topological polar surface area (TPSA) is 87.8 Å². The van der Waals surface area contributed by atoms with E-state index in [0.29, 0.717) is 30.5 Å². The van der Waals surface area contributed by atoms with Gasteiger partial charge < -0.3 is 11.1 Å². The van der Waals surface area contributed by atoms with Gasteiger partial charge in [-0.1, -0.05) is 25.5 Å². The molecule has 0 bridgehead atoms. The Kier molecular flexibility index (Phi) is 8.99. The molecular formula is C16H27IN4O2S. The van der Waals surface area contributed by atoms with Crippen molar-refractivity contribution in [2.24, 2.45) is 10.7 Å². The summed E-state index contributed by atoms with van der Waals surface area (Å²) >= 11 is 0. The lowest BCUT2D eigenvalue weighted by molar-refractivity contribution is 0.477. The molecule has 136 valence electrons. The molecule has 3 N–H and O–H groups in total. The van der Waals surface area contributed by atoms with E-state index in [-0.39, 0.29) is 24.0 Å². The third-order valence-corrected chi connectivity index (χ3v) is 5.81. The lowest BCUT2D eigenvalue weighted by Gasteiger charge is -2.15. The Bertz CT molecular complexity index is 626. The van der Waals surface area contributed by atoms with E-state index in [2.05, 4.69) is 17.2 Å². The minimum Gasteiger partial charge on any atom is -0.370 e. The average Bonchev–Trinajstić information content (AvgIpc) is 3.09. The number of nitrogens with one attached hydrogen (secondary N) is 1. The molecule has 1 fully saturated rings. The molecule has 0 radical (unpaired) electrons. The van der Waals surface area contributed by atoms with Crippen molar-refractivity contribution >= 4 is 40.0 Å². The Hall–Kier alpha value is -0.870. The second-order valence-corrected chi connectivity index (χ2v) is 7.67. The quantitative estimate of drug-likeness (QED) is 0.280. The standard InChI is InChI=1S/C16H26N4O2S.HI/c1-2-3-10-18-16(17)19-13-14-6-8-15(9-7-14)23(21,22)20-11-4-5-12-20;/h6-9H,2-5,10-13H2,1H3,(H3,17,18,19);1H. The average molecular weight is 466 g/mol. The number of nitrogens with two attached hydrogens (primary N) is 1. The largest absolute Gasteiger partial charge is 0.370 e. The molecule has 0 spiro atoms. The molecule has 1 heterocycles. The Morgan fingerprint density at radius 1 is 1.25 bits per heavy atom. The number of aliphatic imine (C=N–C) groups is 1. The number of rotatable bonds is 7. The van der Waals surface area contributed by atoms with Gasteiger partial charge in [0.05, 0.1) is 11.4 Å². The zero-order chi connectivity index (χ0) is 16.7. The molecule has 6 nitrogen and oxygen atoms in total. The van der Waals surface area contributed by atoms with E-state index in [0.717, 1.165) is 37.8 Å². The van der Waals surface area contributed by atoms with Crippen LogP contribution in [0, 0.1) is 0 Å². The van der Waals surface area contributed by atoms with Gasteiger partial charge in [-0.3, -0.25) is 0 Å². The van der Waals surface area contributed by atoms with Crippen LogP contribution in [0.2, 0.25) is 0 Å². The number of benzene rings is 1. The molecule has 0 amide bonds. The van der Waals surface area contributed by atoms with Crippen LogP contribution >= 0.6 is 24.0 Å². The summed E-state index contributed by atoms with van der Waals surface area (Å²) < 4.78 is 26.4. The molecule has 1 aromatic rings. The SMILES string of the molecule is CCCCNC(N)=NCc1ccc(S(=O)(=O)N2CCCC2)cc1.I. The number of hydrogen-bond acceptors (Lipinski definition) is 3. The highest BCUT2D eigenvalue weighted by atomic mass is 127. The molecule has 0 unspecified atom stereocenters. The zero-order valence-electron chi connectivity index (χ0n) is 14.1. The first-order valence-electron chi connectivity index (χ1n) is 8.17. The molecule has 0 aromatic heterocycles. The molecule has 0 saturated carbocycles. The maximum atomic E-state index is 12.4. The summed E-state index contributed by atoms with van der Waals surface area (Å²) in [5, 5.41) is 3.05. The smallest absolute Gasteiger partial charge is 0.243 e. The highest BCUT2D eigenvalue weighted by molar-refractivity contribution is 14.0. The van der Waals surface area contributed by atoms with Gasteiger partial charge in [0.1, 0.15) is 0 Å². The first kappa shape index (κ1) is 21.2. The molecule has 24 heavy (non-hydrogen) atoms. The van der Waals surface area contributed by atoms with Gasteiger partial charge in [-0.25, -0.2) is 13.4 Å². The van der Waals surface area contributed by atoms with E-state index < -0.39 is 10.0 Å². The van der Waals surface area contributed by atoms with Gasteiger partial charge in [-0.2, -0.15) is 4.31 Å². The van der Waals surface area contributed by atoms with Gasteiger partial charge in [0.25, 0.3) is 0 Å². The van der Waals surface area contributed by atoms with E-state index in [1.54, 1.807) is 28.6 Å². The van der Waals surface area contributed by atoms with Gasteiger partial charge in [-0.15, -0.1) is 24.0 Å². The molecule has 1 aromatic carbocycles. The number of nitrogens with zero attached hydrogens (tertiary/aromatic N) is 2. The van der Waals surface area contributed by atoms with Crippen molar-refractivity contribution in [2.45, 2.75) is 44.0 Å². The van der Waals surface area contributed by atoms with Crippen LogP contribution in [0.15, 0.2) is 34.2 Å². The Morgan fingerprint density at radius 2 is 1.88 bits per heavy atom. The molecule has 1 saturated heterocycles. The van der Waals surface area contributed by atoms with Gasteiger partial charge >= 0.3 is 0 Å². The highest BCUT2D eigenvalue weighted by Crippen LogP contribution is 2.21. The second-order valence-electron chi connectivity index (χ2n) is 5.74. The third kappa shape index (κ3) is 5.89. The Balaban J connectivity index is 0.00000288. The first-order valence-corrected chi connectivity index (χ1v) is 9.61. The van der Waals surface area contributed by atoms with Crippen LogP contribution in [0.25, 0.3) is 0 Å². The number of guanidine groups is 1. The maximum absolute atomic E-state index is 12.4. The predicted octanol–water partition coefficient (Wildman–Crippen LogP) is 2.29. The maximum Gasteiger partial charge on any atom is 0.243 e. The lowest BCUT2D eigenvalue weighted by Crippen LogP contribution is -2.32. The fourth-order valence-electron chi connectivity index (χ4n) is 2.47. The lowest BCUT2D eigenvalue weighted by atomic mass is 10.2. The number of halogens is 1. The highest BCUT2D eigenvalue weighted by Gasteiger charge is 2.26. The Morgan fingerprint density at radius 3 is 2.46 bits per heavy atom. The van der Waals surface area contributed by atoms with E-state index in [1.807, 2.05) is 0 Å². The van der Waals surface area contributed by atoms with Crippen LogP contribution in [0.5, 0.6) is 0 Å². The molecule has 1 aliphatic heterocycles. The second kappa shape index (κ2) is 10.2. The number of hydrogen-bond donors (Lipinski definition) is 2. The van der Waals surface area contributed by atoms with Crippen LogP contribution in [-0.2, 0) is 16.6 Å². The van der Waals surface area contributed by atoms with Crippen LogP contribution in [0.1, 0.15) is 38.2 Å². The van der Waals surface area contributed by atoms with Crippen molar-refractivity contribution in [3.05, 3.63) is 29.8 Å². The van der Waals surface area contributed by atoms with Crippen molar-refractivity contribution in [1.82, 2.24) is 9.62 Å².